The van der Waals surface area contributed by atoms with Gasteiger partial charge in [0.1, 0.15) is 5.52 Å². The van der Waals surface area contributed by atoms with E-state index in [2.05, 4.69) is 0 Å². The number of nitrogens with zero attached hydrogens (tertiary/aromatic N) is 3. The summed E-state index contributed by atoms with van der Waals surface area (Å²) in [6.07, 6.45) is 0.471. The lowest BCUT2D eigenvalue weighted by molar-refractivity contribution is -0.631. The van der Waals surface area contributed by atoms with Gasteiger partial charge < -0.3 is 5.11 Å². The van der Waals surface area contributed by atoms with Gasteiger partial charge in [0.15, 0.2) is 11.4 Å². The molecule has 3 rings (SSSR count). The van der Waals surface area contributed by atoms with Gasteiger partial charge in [-0.1, -0.05) is 29.8 Å². The van der Waals surface area contributed by atoms with Crippen molar-refractivity contribution in [1.82, 2.24) is 0 Å². The number of nitro benzene ring substituents is 1. The molecule has 126 valence electrons. The molecule has 7 nitrogen and oxygen atoms in total. The van der Waals surface area contributed by atoms with Crippen molar-refractivity contribution >= 4 is 46.1 Å². The summed E-state index contributed by atoms with van der Waals surface area (Å²) in [5.74, 6) is 0.00749. The molecular weight excluding hydrogens is 346 g/mol. The molecule has 8 heteroatoms. The van der Waals surface area contributed by atoms with Crippen LogP contribution in [0.4, 0.5) is 17.2 Å². The number of benzene rings is 2. The highest BCUT2D eigenvalue weighted by Crippen LogP contribution is 2.40. The summed E-state index contributed by atoms with van der Waals surface area (Å²) >= 11 is 5.88. The largest absolute Gasteiger partial charge is 0.503 e. The number of non-ortho nitro benzene ring substituents is 1. The summed E-state index contributed by atoms with van der Waals surface area (Å²) in [7, 11) is 1.75. The number of hydrogen-bond donors (Lipinski definition) is 1. The minimum absolute atomic E-state index is 0.0694. The number of anilines is 2. The number of aromatic hydroxyl groups is 1. The number of aryl methyl sites for hydroxylation is 1. The number of rotatable bonds is 4. The van der Waals surface area contributed by atoms with E-state index in [4.69, 9.17) is 11.6 Å². The maximum Gasteiger partial charge on any atom is 0.302 e. The molecule has 0 saturated heterocycles. The van der Waals surface area contributed by atoms with Crippen LogP contribution in [0.15, 0.2) is 48.5 Å². The topological polar surface area (TPSA) is 87.6 Å². The first-order valence-electron chi connectivity index (χ1n) is 7.23. The molecule has 1 aromatic heterocycles. The molecule has 0 radical (unpaired) electrons. The predicted molar refractivity (Wildman–Crippen MR) is 93.1 cm³/mol. The number of amides is 1. The van der Waals surface area contributed by atoms with E-state index in [0.717, 1.165) is 27.9 Å². The second kappa shape index (κ2) is 6.37. The molecule has 25 heavy (non-hydrogen) atoms. The number of hydrogen-bond acceptors (Lipinski definition) is 4. The van der Waals surface area contributed by atoms with E-state index in [9.17, 15) is 20.0 Å². The van der Waals surface area contributed by atoms with Crippen molar-refractivity contribution in [3.63, 3.8) is 0 Å². The minimum Gasteiger partial charge on any atom is -0.503 e. The van der Waals surface area contributed by atoms with Crippen LogP contribution in [-0.2, 0) is 11.8 Å². The van der Waals surface area contributed by atoms with Gasteiger partial charge >= 0.3 is 6.41 Å². The summed E-state index contributed by atoms with van der Waals surface area (Å²) in [6, 6.07) is 13.2. The maximum absolute atomic E-state index is 11.7. The van der Waals surface area contributed by atoms with Gasteiger partial charge in [0.05, 0.1) is 23.1 Å². The van der Waals surface area contributed by atoms with Crippen LogP contribution < -0.4 is 9.47 Å². The third kappa shape index (κ3) is 2.85. The number of fused-ring (bicyclic) bond motifs is 1. The van der Waals surface area contributed by atoms with Crippen LogP contribution >= 0.6 is 11.6 Å². The first kappa shape index (κ1) is 16.7. The monoisotopic (exact) mass is 358 g/mol. The Morgan fingerprint density at radius 2 is 1.96 bits per heavy atom. The van der Waals surface area contributed by atoms with Crippen molar-refractivity contribution in [2.24, 2.45) is 7.05 Å². The van der Waals surface area contributed by atoms with E-state index >= 15 is 0 Å². The number of phenolic OH excluding ortho intramolecular Hbond substituents is 1. The average Bonchev–Trinajstić information content (AvgIpc) is 2.60. The van der Waals surface area contributed by atoms with Crippen LogP contribution in [0, 0.1) is 10.1 Å². The van der Waals surface area contributed by atoms with Crippen LogP contribution in [0.25, 0.3) is 10.9 Å². The lowest BCUT2D eigenvalue weighted by atomic mass is 10.2. The Labute approximate surface area is 147 Å². The number of halogens is 1. The van der Waals surface area contributed by atoms with E-state index in [1.165, 1.54) is 0 Å². The van der Waals surface area contributed by atoms with Crippen LogP contribution in [0.1, 0.15) is 0 Å². The zero-order valence-corrected chi connectivity index (χ0v) is 13.8. The SMILES string of the molecule is C[n+]1c(N(C=O)c2cc([N+](=O)[O-])cc(Cl)c2O)ccc2ccccc21. The van der Waals surface area contributed by atoms with Crippen molar-refractivity contribution in [2.75, 3.05) is 4.90 Å². The van der Waals surface area contributed by atoms with E-state index in [-0.39, 0.29) is 16.4 Å². The molecule has 0 aliphatic heterocycles. The molecule has 1 heterocycles. The normalized spacial score (nSPS) is 10.6. The summed E-state index contributed by atoms with van der Waals surface area (Å²) in [6.45, 7) is 0. The first-order valence-corrected chi connectivity index (χ1v) is 7.61. The standard InChI is InChI=1S/C17H12ClN3O4/c1-19-14-5-3-2-4-11(14)6-7-16(19)20(10-22)15-9-12(21(24)25)8-13(18)17(15)23/h2-10H,1H3/p+1. The number of carbonyl (C=O) groups is 1. The summed E-state index contributed by atoms with van der Waals surface area (Å²) in [5, 5.41) is 22.0. The minimum atomic E-state index is -0.641. The molecule has 2 aromatic carbocycles. The van der Waals surface area contributed by atoms with Gasteiger partial charge in [0.25, 0.3) is 11.5 Å². The molecule has 0 unspecified atom stereocenters. The third-order valence-electron chi connectivity index (χ3n) is 3.90. The second-order valence-corrected chi connectivity index (χ2v) is 5.74. The number of phenols is 1. The Kier molecular flexibility index (Phi) is 4.24. The highest BCUT2D eigenvalue weighted by molar-refractivity contribution is 6.32. The predicted octanol–water partition coefficient (Wildman–Crippen LogP) is 3.23. The van der Waals surface area contributed by atoms with Crippen LogP contribution in [0.5, 0.6) is 5.75 Å². The highest BCUT2D eigenvalue weighted by atomic mass is 35.5. The Balaban J connectivity index is 2.24. The van der Waals surface area contributed by atoms with Crippen molar-refractivity contribution < 1.29 is 19.4 Å². The zero-order chi connectivity index (χ0) is 18.1. The molecule has 3 aromatic rings. The number of aromatic nitrogens is 1. The lowest BCUT2D eigenvalue weighted by Gasteiger charge is -2.14. The number of carbonyl (C=O) groups excluding carboxylic acids is 1. The Hall–Kier alpha value is -3.19. The van der Waals surface area contributed by atoms with Crippen LogP contribution in [0.2, 0.25) is 5.02 Å². The van der Waals surface area contributed by atoms with Crippen LogP contribution in [0.3, 0.4) is 0 Å². The maximum atomic E-state index is 11.7. The van der Waals surface area contributed by atoms with E-state index in [1.807, 2.05) is 30.3 Å². The van der Waals surface area contributed by atoms with E-state index in [0.29, 0.717) is 12.2 Å². The van der Waals surface area contributed by atoms with Crippen molar-refractivity contribution in [2.45, 2.75) is 0 Å². The fraction of sp³-hybridized carbons (Fsp3) is 0.0588. The molecule has 1 amide bonds. The van der Waals surface area contributed by atoms with Crippen molar-refractivity contribution in [1.29, 1.82) is 0 Å². The fourth-order valence-corrected chi connectivity index (χ4v) is 2.88. The van der Waals surface area contributed by atoms with Gasteiger partial charge in [0, 0.05) is 17.5 Å². The molecule has 0 fully saturated rings. The number of pyridine rings is 1. The third-order valence-corrected chi connectivity index (χ3v) is 4.19. The fourth-order valence-electron chi connectivity index (χ4n) is 2.67. The molecule has 0 bridgehead atoms. The summed E-state index contributed by atoms with van der Waals surface area (Å²) in [5.41, 5.74) is 0.455. The van der Waals surface area contributed by atoms with E-state index in [1.54, 1.807) is 17.7 Å². The molecule has 0 spiro atoms. The van der Waals surface area contributed by atoms with Gasteiger partial charge in [-0.05, 0) is 12.1 Å². The molecule has 0 saturated carbocycles. The lowest BCUT2D eigenvalue weighted by Crippen LogP contribution is -2.37. The first-order chi connectivity index (χ1) is 11.9. The van der Waals surface area contributed by atoms with Gasteiger partial charge in [-0.3, -0.25) is 14.9 Å². The van der Waals surface area contributed by atoms with Crippen LogP contribution in [-0.4, -0.2) is 16.4 Å². The zero-order valence-electron chi connectivity index (χ0n) is 13.1. The van der Waals surface area contributed by atoms with Gasteiger partial charge in [-0.15, -0.1) is 0 Å². The van der Waals surface area contributed by atoms with Gasteiger partial charge in [-0.25, -0.2) is 4.57 Å². The molecule has 1 N–H and O–H groups in total. The molecule has 0 aliphatic carbocycles. The van der Waals surface area contributed by atoms with Crippen molar-refractivity contribution in [3.05, 3.63) is 63.7 Å². The summed E-state index contributed by atoms with van der Waals surface area (Å²) < 4.78 is 1.75. The second-order valence-electron chi connectivity index (χ2n) is 5.34. The van der Waals surface area contributed by atoms with E-state index < -0.39 is 10.7 Å². The quantitative estimate of drug-likeness (QED) is 0.335. The number of para-hydroxylation sites is 1. The van der Waals surface area contributed by atoms with Gasteiger partial charge in [0.2, 0.25) is 0 Å². The highest BCUT2D eigenvalue weighted by Gasteiger charge is 2.28. The number of nitro groups is 1. The average molecular weight is 359 g/mol. The Bertz CT molecular complexity index is 1010. The Morgan fingerprint density at radius 3 is 2.64 bits per heavy atom. The Morgan fingerprint density at radius 1 is 1.24 bits per heavy atom. The van der Waals surface area contributed by atoms with Crippen molar-refractivity contribution in [3.8, 4) is 5.75 Å². The molecule has 0 atom stereocenters. The van der Waals surface area contributed by atoms with Gasteiger partial charge in [-0.2, -0.15) is 4.90 Å². The molecule has 0 aliphatic rings. The summed E-state index contributed by atoms with van der Waals surface area (Å²) in [4.78, 5) is 23.3. The smallest absolute Gasteiger partial charge is 0.302 e. The molecular formula is C17H13ClN3O4+.